The van der Waals surface area contributed by atoms with Crippen LogP contribution in [-0.2, 0) is 17.8 Å². The predicted molar refractivity (Wildman–Crippen MR) is 145 cm³/mol. The van der Waals surface area contributed by atoms with Crippen LogP contribution < -0.4 is 0 Å². The number of likely N-dealkylation sites (N-methyl/N-ethyl adjacent to an activating group) is 1. The van der Waals surface area contributed by atoms with Gasteiger partial charge < -0.3 is 14.2 Å². The number of halogens is 1. The third-order valence-electron chi connectivity index (χ3n) is 9.03. The van der Waals surface area contributed by atoms with Gasteiger partial charge in [0.15, 0.2) is 0 Å². The second-order valence-electron chi connectivity index (χ2n) is 11.3. The number of carbonyl (C=O) groups excluding carboxylic acids is 1. The molecule has 0 N–H and O–H groups in total. The van der Waals surface area contributed by atoms with Gasteiger partial charge in [-0.15, -0.1) is 0 Å². The molecule has 3 aliphatic rings. The highest BCUT2D eigenvalue weighted by atomic mass is 19.1. The average Bonchev–Trinajstić information content (AvgIpc) is 3.45. The molecule has 0 amide bonds. The Balaban J connectivity index is 1.52. The molecule has 1 aromatic heterocycles. The highest BCUT2D eigenvalue weighted by Gasteiger charge is 2.31. The van der Waals surface area contributed by atoms with Gasteiger partial charge in [0.05, 0.1) is 18.4 Å². The minimum Gasteiger partial charge on any atom is -0.465 e. The molecule has 0 unspecified atom stereocenters. The first-order valence-corrected chi connectivity index (χ1v) is 14.0. The first-order valence-electron chi connectivity index (χ1n) is 14.0. The molecule has 37 heavy (non-hydrogen) atoms. The molecule has 3 aromatic rings. The summed E-state index contributed by atoms with van der Waals surface area (Å²) in [4.78, 5) is 17.5. The highest BCUT2D eigenvalue weighted by Crippen LogP contribution is 2.45. The van der Waals surface area contributed by atoms with Crippen molar-refractivity contribution in [3.8, 4) is 11.3 Å². The van der Waals surface area contributed by atoms with Crippen molar-refractivity contribution >= 4 is 16.9 Å². The van der Waals surface area contributed by atoms with Gasteiger partial charge in [-0.05, 0) is 86.7 Å². The molecular weight excluding hydrogens is 465 g/mol. The molecule has 1 atom stereocenters. The molecule has 1 saturated heterocycles. The largest absolute Gasteiger partial charge is 0.465 e. The molecule has 6 heteroatoms. The lowest BCUT2D eigenvalue weighted by atomic mass is 9.81. The van der Waals surface area contributed by atoms with Crippen LogP contribution in [0.15, 0.2) is 36.4 Å². The molecule has 0 radical (unpaired) electrons. The lowest BCUT2D eigenvalue weighted by molar-refractivity contribution is 0.0601. The van der Waals surface area contributed by atoms with E-state index < -0.39 is 0 Å². The average molecular weight is 504 g/mol. The summed E-state index contributed by atoms with van der Waals surface area (Å²) in [6, 6.07) is 11.9. The summed E-state index contributed by atoms with van der Waals surface area (Å²) < 4.78 is 22.1. The molecule has 0 bridgehead atoms. The van der Waals surface area contributed by atoms with Crippen LogP contribution in [0.5, 0.6) is 0 Å². The van der Waals surface area contributed by atoms with E-state index in [0.717, 1.165) is 49.4 Å². The highest BCUT2D eigenvalue weighted by molar-refractivity contribution is 5.99. The van der Waals surface area contributed by atoms with Crippen molar-refractivity contribution in [3.05, 3.63) is 58.9 Å². The fraction of sp³-hybridized carbons (Fsp3) is 0.516. The second kappa shape index (κ2) is 10.2. The van der Waals surface area contributed by atoms with Gasteiger partial charge in [-0.3, -0.25) is 4.90 Å². The van der Waals surface area contributed by atoms with E-state index in [2.05, 4.69) is 27.5 Å². The van der Waals surface area contributed by atoms with Crippen LogP contribution in [0.3, 0.4) is 0 Å². The van der Waals surface area contributed by atoms with Crippen molar-refractivity contribution in [1.29, 1.82) is 0 Å². The molecule has 1 saturated carbocycles. The Morgan fingerprint density at radius 3 is 2.59 bits per heavy atom. The predicted octanol–water partition coefficient (Wildman–Crippen LogP) is 6.19. The van der Waals surface area contributed by atoms with Crippen LogP contribution in [0, 0.1) is 5.82 Å². The maximum absolute atomic E-state index is 14.7. The van der Waals surface area contributed by atoms with Gasteiger partial charge in [0.1, 0.15) is 5.82 Å². The third-order valence-corrected chi connectivity index (χ3v) is 9.03. The van der Waals surface area contributed by atoms with E-state index in [9.17, 15) is 9.18 Å². The number of methoxy groups -OCH3 is 1. The number of likely N-dealkylation sites (tertiary alicyclic amines) is 1. The van der Waals surface area contributed by atoms with Crippen LogP contribution in [-0.4, -0.2) is 60.2 Å². The van der Waals surface area contributed by atoms with Crippen LogP contribution in [0.4, 0.5) is 4.39 Å². The number of carbonyl (C=O) groups is 1. The number of hydrogen-bond donors (Lipinski definition) is 0. The Morgan fingerprint density at radius 2 is 1.84 bits per heavy atom. The summed E-state index contributed by atoms with van der Waals surface area (Å²) in [6.45, 7) is 4.64. The molecule has 5 nitrogen and oxygen atoms in total. The molecular formula is C31H38FN3O2. The Kier molecular flexibility index (Phi) is 6.80. The van der Waals surface area contributed by atoms with Gasteiger partial charge in [-0.25, -0.2) is 9.18 Å². The monoisotopic (exact) mass is 503 g/mol. The lowest BCUT2D eigenvalue weighted by Gasteiger charge is -2.32. The van der Waals surface area contributed by atoms with E-state index >= 15 is 0 Å². The number of fused-ring (bicyclic) bond motifs is 5. The minimum atomic E-state index is -0.309. The Labute approximate surface area is 219 Å². The van der Waals surface area contributed by atoms with Crippen molar-refractivity contribution < 1.29 is 13.9 Å². The zero-order valence-electron chi connectivity index (χ0n) is 22.1. The SMILES string of the molecule is COC(=O)c1ccc2c(C3CCCCC3)c3n(c2c1)CCN(C[C@H]1CCCN1C)Cc1cc(F)ccc1-3. The van der Waals surface area contributed by atoms with Gasteiger partial charge >= 0.3 is 5.97 Å². The first-order chi connectivity index (χ1) is 18.0. The van der Waals surface area contributed by atoms with Gasteiger partial charge in [-0.2, -0.15) is 0 Å². The summed E-state index contributed by atoms with van der Waals surface area (Å²) in [5.74, 6) is 0.0000366. The van der Waals surface area contributed by atoms with Crippen molar-refractivity contribution in [1.82, 2.24) is 14.4 Å². The molecule has 6 rings (SSSR count). The number of aromatic nitrogens is 1. The van der Waals surface area contributed by atoms with E-state index in [4.69, 9.17) is 4.74 Å². The van der Waals surface area contributed by atoms with Crippen molar-refractivity contribution in [2.75, 3.05) is 33.8 Å². The van der Waals surface area contributed by atoms with Crippen LogP contribution >= 0.6 is 0 Å². The zero-order chi connectivity index (χ0) is 25.5. The van der Waals surface area contributed by atoms with Crippen LogP contribution in [0.2, 0.25) is 0 Å². The lowest BCUT2D eigenvalue weighted by Crippen LogP contribution is -2.40. The van der Waals surface area contributed by atoms with E-state index in [0.29, 0.717) is 17.5 Å². The van der Waals surface area contributed by atoms with Crippen LogP contribution in [0.25, 0.3) is 22.2 Å². The molecule has 2 fully saturated rings. The Morgan fingerprint density at radius 1 is 1.00 bits per heavy atom. The first kappa shape index (κ1) is 24.6. The molecule has 2 aromatic carbocycles. The van der Waals surface area contributed by atoms with E-state index in [1.165, 1.54) is 68.7 Å². The van der Waals surface area contributed by atoms with Crippen LogP contribution in [0.1, 0.15) is 72.3 Å². The Hall–Kier alpha value is -2.70. The van der Waals surface area contributed by atoms with Gasteiger partial charge in [-0.1, -0.05) is 25.3 Å². The molecule has 2 aliphatic heterocycles. The van der Waals surface area contributed by atoms with Crippen molar-refractivity contribution in [3.63, 3.8) is 0 Å². The van der Waals surface area contributed by atoms with E-state index in [1.807, 2.05) is 18.2 Å². The third kappa shape index (κ3) is 4.59. The fourth-order valence-electron chi connectivity index (χ4n) is 7.10. The summed E-state index contributed by atoms with van der Waals surface area (Å²) in [6.07, 6.45) is 8.61. The van der Waals surface area contributed by atoms with Crippen molar-refractivity contribution in [2.24, 2.45) is 0 Å². The second-order valence-corrected chi connectivity index (χ2v) is 11.3. The number of benzene rings is 2. The molecule has 196 valence electrons. The summed E-state index contributed by atoms with van der Waals surface area (Å²) in [5.41, 5.74) is 6.50. The number of nitrogens with zero attached hydrogens (tertiary/aromatic N) is 3. The standard InChI is InChI=1S/C31H38FN3O2/c1-33-14-6-9-25(33)20-34-15-16-35-28-18-22(31(36)37-2)10-12-27(28)29(21-7-4-3-5-8-21)30(35)26-13-11-24(32)17-23(26)19-34/h10-13,17-18,21,25H,3-9,14-16,19-20H2,1-2H3/t25-/m1/s1. The molecule has 0 spiro atoms. The van der Waals surface area contributed by atoms with Gasteiger partial charge in [0.2, 0.25) is 0 Å². The normalized spacial score (nSPS) is 21.4. The van der Waals surface area contributed by atoms with Crippen molar-refractivity contribution in [2.45, 2.75) is 70.0 Å². The number of rotatable bonds is 4. The number of hydrogen-bond acceptors (Lipinski definition) is 4. The topological polar surface area (TPSA) is 37.7 Å². The molecule has 3 heterocycles. The van der Waals surface area contributed by atoms with Gasteiger partial charge in [0, 0.05) is 48.7 Å². The zero-order valence-corrected chi connectivity index (χ0v) is 22.1. The summed E-state index contributed by atoms with van der Waals surface area (Å²) in [5, 5.41) is 1.23. The number of esters is 1. The molecule has 1 aliphatic carbocycles. The number of ether oxygens (including phenoxy) is 1. The minimum absolute atomic E-state index is 0.174. The maximum Gasteiger partial charge on any atom is 0.337 e. The summed E-state index contributed by atoms with van der Waals surface area (Å²) >= 11 is 0. The quantitative estimate of drug-likeness (QED) is 0.398. The van der Waals surface area contributed by atoms with Gasteiger partial charge in [0.25, 0.3) is 0 Å². The Bertz CT molecular complexity index is 1310. The van der Waals surface area contributed by atoms with E-state index in [-0.39, 0.29) is 11.8 Å². The smallest absolute Gasteiger partial charge is 0.337 e. The maximum atomic E-state index is 14.7. The summed E-state index contributed by atoms with van der Waals surface area (Å²) in [7, 11) is 3.66. The van der Waals surface area contributed by atoms with E-state index in [1.54, 1.807) is 12.1 Å². The fourth-order valence-corrected chi connectivity index (χ4v) is 7.10.